The van der Waals surface area contributed by atoms with Gasteiger partial charge in [-0.2, -0.15) is 0 Å². The fourth-order valence-corrected chi connectivity index (χ4v) is 3.72. The lowest BCUT2D eigenvalue weighted by atomic mass is 9.89. The molecular weight excluding hydrogens is 336 g/mol. The summed E-state index contributed by atoms with van der Waals surface area (Å²) >= 11 is 0. The van der Waals surface area contributed by atoms with Crippen molar-refractivity contribution in [3.05, 3.63) is 59.7 Å². The van der Waals surface area contributed by atoms with E-state index >= 15 is 0 Å². The van der Waals surface area contributed by atoms with E-state index in [1.54, 1.807) is 0 Å². The van der Waals surface area contributed by atoms with Crippen LogP contribution in [0.1, 0.15) is 24.0 Å². The van der Waals surface area contributed by atoms with E-state index in [1.807, 2.05) is 17.0 Å². The molecule has 1 fully saturated rings. The van der Waals surface area contributed by atoms with E-state index in [4.69, 9.17) is 10.5 Å². The third-order valence-electron chi connectivity index (χ3n) is 5.15. The lowest BCUT2D eigenvalue weighted by molar-refractivity contribution is -0.141. The van der Waals surface area contributed by atoms with E-state index in [0.29, 0.717) is 39.1 Å². The number of carbonyl (C=O) groups excluding carboxylic acids is 1. The molecule has 0 bridgehead atoms. The highest BCUT2D eigenvalue weighted by Crippen LogP contribution is 2.33. The van der Waals surface area contributed by atoms with Crippen LogP contribution in [0.15, 0.2) is 48.5 Å². The Morgan fingerprint density at radius 2 is 1.40 bits per heavy atom. The molecule has 0 aromatic heterocycles. The van der Waals surface area contributed by atoms with Crippen molar-refractivity contribution < 1.29 is 9.53 Å². The highest BCUT2D eigenvalue weighted by atomic mass is 35.5. The van der Waals surface area contributed by atoms with Crippen LogP contribution in [0, 0.1) is 0 Å². The van der Waals surface area contributed by atoms with Crippen LogP contribution in [0.4, 0.5) is 0 Å². The summed E-state index contributed by atoms with van der Waals surface area (Å²) in [6.45, 7) is 2.32. The maximum absolute atomic E-state index is 13.2. The zero-order valence-electron chi connectivity index (χ0n) is 14.1. The van der Waals surface area contributed by atoms with Gasteiger partial charge in [0.25, 0.3) is 0 Å². The van der Waals surface area contributed by atoms with E-state index in [-0.39, 0.29) is 18.3 Å². The van der Waals surface area contributed by atoms with Crippen LogP contribution in [0.3, 0.4) is 0 Å². The van der Waals surface area contributed by atoms with Crippen molar-refractivity contribution in [1.29, 1.82) is 0 Å². The lowest BCUT2D eigenvalue weighted by Gasteiger charge is -2.36. The molecule has 1 amide bonds. The maximum Gasteiger partial charge on any atom is 0.243 e. The molecule has 2 aromatic carbocycles. The Bertz CT molecular complexity index is 724. The third kappa shape index (κ3) is 3.30. The standard InChI is InChI=1S/C20H22N2O2.ClH/c21-20(9-11-24-12-10-20)19(23)22-13-15-5-1-3-7-17(15)18-8-4-2-6-16(18)14-22;/h1-8H,9-14,21H2;1H. The summed E-state index contributed by atoms with van der Waals surface area (Å²) in [6, 6.07) is 16.6. The molecule has 132 valence electrons. The monoisotopic (exact) mass is 358 g/mol. The van der Waals surface area contributed by atoms with E-state index in [1.165, 1.54) is 22.3 Å². The summed E-state index contributed by atoms with van der Waals surface area (Å²) in [5, 5.41) is 0. The van der Waals surface area contributed by atoms with Crippen LogP contribution in [-0.2, 0) is 22.6 Å². The average molecular weight is 359 g/mol. The molecule has 25 heavy (non-hydrogen) atoms. The first kappa shape index (κ1) is 17.9. The quantitative estimate of drug-likeness (QED) is 0.852. The molecule has 2 aliphatic heterocycles. The second kappa shape index (κ2) is 7.16. The van der Waals surface area contributed by atoms with Gasteiger partial charge >= 0.3 is 0 Å². The fraction of sp³-hybridized carbons (Fsp3) is 0.350. The number of amides is 1. The van der Waals surface area contributed by atoms with Crippen molar-refractivity contribution in [2.45, 2.75) is 31.5 Å². The summed E-state index contributed by atoms with van der Waals surface area (Å²) in [6.07, 6.45) is 1.18. The van der Waals surface area contributed by atoms with Crippen molar-refractivity contribution in [2.75, 3.05) is 13.2 Å². The van der Waals surface area contributed by atoms with Crippen LogP contribution < -0.4 is 5.73 Å². The number of benzene rings is 2. The van der Waals surface area contributed by atoms with Crippen molar-refractivity contribution in [3.63, 3.8) is 0 Å². The van der Waals surface area contributed by atoms with E-state index in [0.717, 1.165) is 0 Å². The molecule has 0 spiro atoms. The smallest absolute Gasteiger partial charge is 0.243 e. The minimum absolute atomic E-state index is 0. The SMILES string of the molecule is Cl.NC1(C(=O)N2Cc3ccccc3-c3ccccc3C2)CCOCC1. The number of carbonyl (C=O) groups is 1. The van der Waals surface area contributed by atoms with Gasteiger partial charge in [-0.25, -0.2) is 0 Å². The second-order valence-corrected chi connectivity index (χ2v) is 6.74. The molecule has 5 heteroatoms. The number of nitrogens with two attached hydrogens (primary N) is 1. The van der Waals surface area contributed by atoms with Gasteiger partial charge in [-0.1, -0.05) is 48.5 Å². The molecule has 1 saturated heterocycles. The number of nitrogens with zero attached hydrogens (tertiary/aromatic N) is 1. The Labute approximate surface area is 154 Å². The Kier molecular flexibility index (Phi) is 5.13. The molecule has 0 radical (unpaired) electrons. The van der Waals surface area contributed by atoms with E-state index in [2.05, 4.69) is 36.4 Å². The number of halogens is 1. The van der Waals surface area contributed by atoms with Crippen LogP contribution in [0.5, 0.6) is 0 Å². The summed E-state index contributed by atoms with van der Waals surface area (Å²) in [5.41, 5.74) is 10.4. The molecule has 4 nitrogen and oxygen atoms in total. The number of rotatable bonds is 1. The van der Waals surface area contributed by atoms with Gasteiger partial charge in [-0.05, 0) is 35.1 Å². The Morgan fingerprint density at radius 3 is 1.92 bits per heavy atom. The van der Waals surface area contributed by atoms with Crippen molar-refractivity contribution in [3.8, 4) is 11.1 Å². The Hall–Kier alpha value is -1.88. The third-order valence-corrected chi connectivity index (χ3v) is 5.15. The van der Waals surface area contributed by atoms with Crippen LogP contribution in [0.25, 0.3) is 11.1 Å². The average Bonchev–Trinajstić information content (AvgIpc) is 2.78. The minimum atomic E-state index is -0.799. The fourth-order valence-electron chi connectivity index (χ4n) is 3.72. The molecule has 2 aliphatic rings. The largest absolute Gasteiger partial charge is 0.381 e. The predicted octanol–water partition coefficient (Wildman–Crippen LogP) is 3.13. The maximum atomic E-state index is 13.2. The minimum Gasteiger partial charge on any atom is -0.381 e. The Morgan fingerprint density at radius 1 is 0.920 bits per heavy atom. The van der Waals surface area contributed by atoms with Gasteiger partial charge in [0.05, 0.1) is 5.54 Å². The van der Waals surface area contributed by atoms with Crippen LogP contribution in [0.2, 0.25) is 0 Å². The van der Waals surface area contributed by atoms with Gasteiger partial charge in [0, 0.05) is 26.3 Å². The topological polar surface area (TPSA) is 55.6 Å². The van der Waals surface area contributed by atoms with Crippen molar-refractivity contribution in [1.82, 2.24) is 4.90 Å². The highest BCUT2D eigenvalue weighted by Gasteiger charge is 2.39. The number of fused-ring (bicyclic) bond motifs is 3. The molecule has 0 atom stereocenters. The summed E-state index contributed by atoms with van der Waals surface area (Å²) in [5.74, 6) is 0.0392. The highest BCUT2D eigenvalue weighted by molar-refractivity contribution is 5.87. The number of hydrogen-bond acceptors (Lipinski definition) is 3. The lowest BCUT2D eigenvalue weighted by Crippen LogP contribution is -2.57. The first-order chi connectivity index (χ1) is 11.7. The van der Waals surface area contributed by atoms with Gasteiger partial charge in [0.15, 0.2) is 0 Å². The van der Waals surface area contributed by atoms with Gasteiger partial charge in [0.1, 0.15) is 0 Å². The zero-order chi connectivity index (χ0) is 16.6. The predicted molar refractivity (Wildman–Crippen MR) is 100 cm³/mol. The molecule has 0 saturated carbocycles. The van der Waals surface area contributed by atoms with Gasteiger partial charge in [0.2, 0.25) is 5.91 Å². The molecule has 0 unspecified atom stereocenters. The first-order valence-electron chi connectivity index (χ1n) is 8.50. The summed E-state index contributed by atoms with van der Waals surface area (Å²) < 4.78 is 5.39. The van der Waals surface area contributed by atoms with E-state index in [9.17, 15) is 4.79 Å². The first-order valence-corrected chi connectivity index (χ1v) is 8.50. The zero-order valence-corrected chi connectivity index (χ0v) is 14.9. The van der Waals surface area contributed by atoms with Gasteiger partial charge in [-0.15, -0.1) is 12.4 Å². The van der Waals surface area contributed by atoms with Crippen LogP contribution in [-0.4, -0.2) is 29.6 Å². The molecular formula is C20H23ClN2O2. The summed E-state index contributed by atoms with van der Waals surface area (Å²) in [4.78, 5) is 15.1. The van der Waals surface area contributed by atoms with E-state index < -0.39 is 5.54 Å². The molecule has 4 rings (SSSR count). The molecule has 2 N–H and O–H groups in total. The van der Waals surface area contributed by atoms with Crippen LogP contribution >= 0.6 is 12.4 Å². The number of ether oxygens (including phenoxy) is 1. The molecule has 0 aliphatic carbocycles. The van der Waals surface area contributed by atoms with Gasteiger partial charge in [-0.3, -0.25) is 4.79 Å². The normalized spacial score (nSPS) is 18.4. The second-order valence-electron chi connectivity index (χ2n) is 6.74. The molecule has 2 heterocycles. The van der Waals surface area contributed by atoms with Gasteiger partial charge < -0.3 is 15.4 Å². The molecule has 2 aromatic rings. The van der Waals surface area contributed by atoms with Crippen molar-refractivity contribution in [2.24, 2.45) is 5.73 Å². The summed E-state index contributed by atoms with van der Waals surface area (Å²) in [7, 11) is 0. The Balaban J connectivity index is 0.00000182. The number of hydrogen-bond donors (Lipinski definition) is 1. The van der Waals surface area contributed by atoms with Crippen molar-refractivity contribution >= 4 is 18.3 Å².